The van der Waals surface area contributed by atoms with Crippen molar-refractivity contribution in [2.75, 3.05) is 0 Å². The molecule has 4 atom stereocenters. The number of nitrogens with one attached hydrogen (secondary N) is 1. The third-order valence-electron chi connectivity index (χ3n) is 5.87. The number of benzene rings is 3. The molecule has 0 radical (unpaired) electrons. The van der Waals surface area contributed by atoms with E-state index in [1.165, 1.54) is 12.1 Å². The van der Waals surface area contributed by atoms with Crippen molar-refractivity contribution in [2.45, 2.75) is 29.5 Å². The van der Waals surface area contributed by atoms with Crippen LogP contribution in [0.3, 0.4) is 0 Å². The quantitative estimate of drug-likeness (QED) is 0.428. The summed E-state index contributed by atoms with van der Waals surface area (Å²) >= 11 is 3.81. The normalized spacial score (nSPS) is 25.1. The van der Waals surface area contributed by atoms with Crippen LogP contribution in [0.2, 0.25) is 0 Å². The number of hydrogen-bond donors (Lipinski definition) is 1. The standard InChI is InChI=1S/C25H21BrFN3O/c26-22-23(16-8-3-1-4-9-16)29-30-21(18-12-7-13-19(27)14-18)15-20(28-25(22)30)24(31)17-10-5-2-6-11-17/h1-14,20-22,25,28H,15H2. The van der Waals surface area contributed by atoms with E-state index in [0.717, 1.165) is 16.8 Å². The Hall–Kier alpha value is -2.83. The molecule has 0 aliphatic carbocycles. The average molecular weight is 478 g/mol. The summed E-state index contributed by atoms with van der Waals surface area (Å²) in [6.45, 7) is 0. The summed E-state index contributed by atoms with van der Waals surface area (Å²) in [4.78, 5) is 13.2. The number of rotatable bonds is 4. The van der Waals surface area contributed by atoms with Crippen molar-refractivity contribution < 1.29 is 9.18 Å². The molecule has 4 nitrogen and oxygen atoms in total. The minimum Gasteiger partial charge on any atom is -0.292 e. The fourth-order valence-electron chi connectivity index (χ4n) is 4.37. The molecule has 5 rings (SSSR count). The van der Waals surface area contributed by atoms with Crippen molar-refractivity contribution in [2.24, 2.45) is 5.10 Å². The zero-order valence-corrected chi connectivity index (χ0v) is 18.2. The third kappa shape index (κ3) is 3.82. The summed E-state index contributed by atoms with van der Waals surface area (Å²) in [7, 11) is 0. The Balaban J connectivity index is 1.53. The van der Waals surface area contributed by atoms with E-state index in [4.69, 9.17) is 5.10 Å². The summed E-state index contributed by atoms with van der Waals surface area (Å²) in [5, 5.41) is 10.4. The summed E-state index contributed by atoms with van der Waals surface area (Å²) in [5.41, 5.74) is 3.40. The third-order valence-corrected chi connectivity index (χ3v) is 6.81. The highest BCUT2D eigenvalue weighted by Crippen LogP contribution is 2.39. The van der Waals surface area contributed by atoms with Gasteiger partial charge in [-0.2, -0.15) is 5.10 Å². The fourth-order valence-corrected chi connectivity index (χ4v) is 5.12. The fraction of sp³-hybridized carbons (Fsp3) is 0.200. The van der Waals surface area contributed by atoms with Crippen LogP contribution in [-0.4, -0.2) is 33.5 Å². The number of ketones is 1. The Morgan fingerprint density at radius 1 is 1.00 bits per heavy atom. The largest absolute Gasteiger partial charge is 0.292 e. The Morgan fingerprint density at radius 2 is 1.71 bits per heavy atom. The molecular weight excluding hydrogens is 457 g/mol. The van der Waals surface area contributed by atoms with Crippen LogP contribution >= 0.6 is 15.9 Å². The van der Waals surface area contributed by atoms with E-state index < -0.39 is 6.04 Å². The van der Waals surface area contributed by atoms with Crippen LogP contribution in [0.4, 0.5) is 4.39 Å². The van der Waals surface area contributed by atoms with E-state index in [9.17, 15) is 9.18 Å². The molecule has 2 aliphatic heterocycles. The summed E-state index contributed by atoms with van der Waals surface area (Å²) in [6, 6.07) is 25.2. The first-order chi connectivity index (χ1) is 15.1. The highest BCUT2D eigenvalue weighted by molar-refractivity contribution is 9.10. The van der Waals surface area contributed by atoms with Crippen molar-refractivity contribution in [3.8, 4) is 0 Å². The second-order valence-electron chi connectivity index (χ2n) is 7.83. The molecule has 6 heteroatoms. The maximum atomic E-state index is 14.1. The van der Waals surface area contributed by atoms with Crippen LogP contribution in [0.5, 0.6) is 0 Å². The number of nitrogens with zero attached hydrogens (tertiary/aromatic N) is 2. The van der Waals surface area contributed by atoms with Gasteiger partial charge in [0.1, 0.15) is 12.0 Å². The second kappa shape index (κ2) is 8.36. The zero-order valence-electron chi connectivity index (χ0n) is 16.7. The van der Waals surface area contributed by atoms with E-state index in [0.29, 0.717) is 12.0 Å². The monoisotopic (exact) mass is 477 g/mol. The van der Waals surface area contributed by atoms with E-state index in [1.807, 2.05) is 71.7 Å². The summed E-state index contributed by atoms with van der Waals surface area (Å²) in [6.07, 6.45) is 0.272. The molecule has 3 aromatic carbocycles. The molecule has 0 spiro atoms. The van der Waals surface area contributed by atoms with Gasteiger partial charge in [0.15, 0.2) is 5.78 Å². The lowest BCUT2D eigenvalue weighted by molar-refractivity contribution is 0.0563. The van der Waals surface area contributed by atoms with Crippen LogP contribution in [0, 0.1) is 5.82 Å². The number of hydrazone groups is 1. The molecule has 4 unspecified atom stereocenters. The number of carbonyl (C=O) groups excluding carboxylic acids is 1. The molecule has 1 fully saturated rings. The van der Waals surface area contributed by atoms with Crippen LogP contribution in [0.1, 0.15) is 33.9 Å². The van der Waals surface area contributed by atoms with Crippen molar-refractivity contribution >= 4 is 27.4 Å². The molecule has 1 N–H and O–H groups in total. The number of Topliss-reactive ketones (excluding diaryl/α,β-unsaturated/α-hetero) is 1. The SMILES string of the molecule is O=C(c1ccccc1)C1CC(c2cccc(F)c2)N2N=C(c3ccccc3)C(Br)C2N1. The lowest BCUT2D eigenvalue weighted by Gasteiger charge is -2.42. The van der Waals surface area contributed by atoms with Gasteiger partial charge in [-0.15, -0.1) is 0 Å². The van der Waals surface area contributed by atoms with Gasteiger partial charge in [0.2, 0.25) is 0 Å². The number of carbonyl (C=O) groups is 1. The maximum Gasteiger partial charge on any atom is 0.179 e. The molecule has 2 heterocycles. The van der Waals surface area contributed by atoms with Gasteiger partial charge in [-0.25, -0.2) is 4.39 Å². The minimum atomic E-state index is -0.401. The Bertz CT molecular complexity index is 1120. The van der Waals surface area contributed by atoms with Gasteiger partial charge >= 0.3 is 0 Å². The molecule has 0 amide bonds. The first-order valence-electron chi connectivity index (χ1n) is 10.3. The van der Waals surface area contributed by atoms with Crippen molar-refractivity contribution in [3.63, 3.8) is 0 Å². The van der Waals surface area contributed by atoms with Crippen LogP contribution in [0.15, 0.2) is 90.0 Å². The molecule has 2 aliphatic rings. The number of fused-ring (bicyclic) bond motifs is 1. The van der Waals surface area contributed by atoms with Crippen LogP contribution in [0.25, 0.3) is 0 Å². The molecule has 3 aromatic rings. The molecule has 31 heavy (non-hydrogen) atoms. The predicted octanol–water partition coefficient (Wildman–Crippen LogP) is 4.92. The Kier molecular flexibility index (Phi) is 5.42. The van der Waals surface area contributed by atoms with Crippen molar-refractivity contribution in [1.82, 2.24) is 10.3 Å². The lowest BCUT2D eigenvalue weighted by atomic mass is 9.90. The van der Waals surface area contributed by atoms with Gasteiger partial charge < -0.3 is 0 Å². The number of halogens is 2. The molecular formula is C25H21BrFN3O. The Morgan fingerprint density at radius 3 is 2.42 bits per heavy atom. The summed E-state index contributed by atoms with van der Waals surface area (Å²) in [5.74, 6) is -0.255. The second-order valence-corrected chi connectivity index (χ2v) is 8.82. The van der Waals surface area contributed by atoms with E-state index in [2.05, 4.69) is 21.2 Å². The van der Waals surface area contributed by atoms with E-state index in [1.54, 1.807) is 6.07 Å². The Labute approximate surface area is 188 Å². The predicted molar refractivity (Wildman–Crippen MR) is 123 cm³/mol. The first-order valence-corrected chi connectivity index (χ1v) is 11.2. The van der Waals surface area contributed by atoms with Gasteiger partial charge in [-0.05, 0) is 29.7 Å². The van der Waals surface area contributed by atoms with Gasteiger partial charge in [0, 0.05) is 5.56 Å². The highest BCUT2D eigenvalue weighted by Gasteiger charge is 2.46. The highest BCUT2D eigenvalue weighted by atomic mass is 79.9. The smallest absolute Gasteiger partial charge is 0.179 e. The maximum absolute atomic E-state index is 14.1. The van der Waals surface area contributed by atoms with Gasteiger partial charge in [0.05, 0.1) is 22.6 Å². The molecule has 0 bridgehead atoms. The molecule has 156 valence electrons. The first kappa shape index (κ1) is 20.1. The van der Waals surface area contributed by atoms with Gasteiger partial charge in [-0.1, -0.05) is 88.7 Å². The topological polar surface area (TPSA) is 44.7 Å². The summed E-state index contributed by atoms with van der Waals surface area (Å²) < 4.78 is 14.1. The molecule has 0 aromatic heterocycles. The lowest BCUT2D eigenvalue weighted by Crippen LogP contribution is -2.58. The number of alkyl halides is 1. The zero-order chi connectivity index (χ0) is 21.4. The number of hydrogen-bond acceptors (Lipinski definition) is 4. The average Bonchev–Trinajstić information content (AvgIpc) is 3.15. The molecule has 1 saturated heterocycles. The van der Waals surface area contributed by atoms with Gasteiger partial charge in [0.25, 0.3) is 0 Å². The van der Waals surface area contributed by atoms with Crippen LogP contribution in [-0.2, 0) is 0 Å². The van der Waals surface area contributed by atoms with E-state index in [-0.39, 0.29) is 28.6 Å². The van der Waals surface area contributed by atoms with E-state index >= 15 is 0 Å². The van der Waals surface area contributed by atoms with Crippen molar-refractivity contribution in [1.29, 1.82) is 0 Å². The van der Waals surface area contributed by atoms with Gasteiger partial charge in [-0.3, -0.25) is 15.1 Å². The minimum absolute atomic E-state index is 0.0366. The molecule has 0 saturated carbocycles. The van der Waals surface area contributed by atoms with Crippen molar-refractivity contribution in [3.05, 3.63) is 107 Å². The van der Waals surface area contributed by atoms with Crippen LogP contribution < -0.4 is 5.32 Å².